The Labute approximate surface area is 217 Å². The normalized spacial score (nSPS) is 12.7. The second kappa shape index (κ2) is 6.42. The molecule has 10 rings (SSSR count). The number of fused-ring (bicyclic) bond motifs is 12. The highest BCUT2D eigenvalue weighted by atomic mass is 14.9. The Hall–Kier alpha value is -5.08. The molecular formula is C36H20N2. The third kappa shape index (κ3) is 2.10. The number of hydrogen-bond acceptors (Lipinski definition) is 0. The Bertz CT molecular complexity index is 2480. The van der Waals surface area contributed by atoms with Gasteiger partial charge in [-0.3, -0.25) is 0 Å². The molecule has 0 atom stereocenters. The number of benzene rings is 6. The fourth-order valence-electron chi connectivity index (χ4n) is 7.23. The molecule has 2 nitrogen and oxygen atoms in total. The van der Waals surface area contributed by atoms with Crippen molar-refractivity contribution >= 4 is 76.2 Å². The van der Waals surface area contributed by atoms with Gasteiger partial charge in [-0.05, 0) is 53.6 Å². The quantitative estimate of drug-likeness (QED) is 0.221. The van der Waals surface area contributed by atoms with Gasteiger partial charge in [-0.1, -0.05) is 78.9 Å². The summed E-state index contributed by atoms with van der Waals surface area (Å²) in [5.74, 6) is 0. The molecule has 174 valence electrons. The lowest BCUT2D eigenvalue weighted by molar-refractivity contribution is 1.37. The van der Waals surface area contributed by atoms with E-state index >= 15 is 0 Å². The number of aromatic nitrogens is 2. The minimum Gasteiger partial charge on any atom is -0.308 e. The summed E-state index contributed by atoms with van der Waals surface area (Å²) in [7, 11) is 0. The summed E-state index contributed by atoms with van der Waals surface area (Å²) in [4.78, 5) is 0. The van der Waals surface area contributed by atoms with Gasteiger partial charge in [0.1, 0.15) is 0 Å². The SMILES string of the molecule is c1ccc2c(c1)c1cccc3c4cc(-c5cc6c7ccccc7n7c8ccccc8c(c5)c67)ccc4n2c13. The van der Waals surface area contributed by atoms with Crippen LogP contribution in [0.3, 0.4) is 0 Å². The third-order valence-electron chi connectivity index (χ3n) is 8.76. The predicted molar refractivity (Wildman–Crippen MR) is 161 cm³/mol. The molecule has 0 N–H and O–H groups in total. The topological polar surface area (TPSA) is 8.82 Å². The Morgan fingerprint density at radius 1 is 0.289 bits per heavy atom. The molecule has 0 aliphatic carbocycles. The minimum absolute atomic E-state index is 1.26. The van der Waals surface area contributed by atoms with E-state index in [0.717, 1.165) is 0 Å². The lowest BCUT2D eigenvalue weighted by atomic mass is 9.98. The first-order valence-electron chi connectivity index (χ1n) is 13.2. The molecule has 38 heavy (non-hydrogen) atoms. The standard InChI is InChI=1S/C36H20N2/c1-4-13-31-23(8-1)26-11-7-12-27-28-18-21(16-17-34(28)38(31)35(26)27)22-19-29-24-9-2-5-14-32(24)37-33-15-6-3-10-25(33)30(20-22)36(29)37/h1-20H. The fraction of sp³-hybridized carbons (Fsp3) is 0. The minimum atomic E-state index is 1.26. The van der Waals surface area contributed by atoms with Gasteiger partial charge in [-0.25, -0.2) is 0 Å². The molecule has 0 aliphatic heterocycles. The van der Waals surface area contributed by atoms with Crippen LogP contribution >= 0.6 is 0 Å². The van der Waals surface area contributed by atoms with Crippen molar-refractivity contribution < 1.29 is 0 Å². The summed E-state index contributed by atoms with van der Waals surface area (Å²) in [6, 6.07) is 44.9. The molecule has 0 aliphatic rings. The van der Waals surface area contributed by atoms with Crippen molar-refractivity contribution in [3.8, 4) is 11.1 Å². The highest BCUT2D eigenvalue weighted by Crippen LogP contribution is 2.43. The predicted octanol–water partition coefficient (Wildman–Crippen LogP) is 9.65. The molecule has 0 unspecified atom stereocenters. The molecule has 0 saturated carbocycles. The summed E-state index contributed by atoms with van der Waals surface area (Å²) in [5, 5.41) is 10.6. The Balaban J connectivity index is 1.34. The van der Waals surface area contributed by atoms with E-state index in [1.54, 1.807) is 0 Å². The van der Waals surface area contributed by atoms with E-state index < -0.39 is 0 Å². The average molecular weight is 481 g/mol. The van der Waals surface area contributed by atoms with Gasteiger partial charge in [-0.2, -0.15) is 0 Å². The first-order chi connectivity index (χ1) is 18.9. The van der Waals surface area contributed by atoms with E-state index in [1.165, 1.54) is 87.3 Å². The van der Waals surface area contributed by atoms with E-state index in [-0.39, 0.29) is 0 Å². The molecule has 0 saturated heterocycles. The van der Waals surface area contributed by atoms with Gasteiger partial charge in [0, 0.05) is 43.1 Å². The van der Waals surface area contributed by atoms with Gasteiger partial charge < -0.3 is 8.80 Å². The van der Waals surface area contributed by atoms with Gasteiger partial charge in [0.25, 0.3) is 0 Å². The monoisotopic (exact) mass is 480 g/mol. The molecule has 0 bridgehead atoms. The van der Waals surface area contributed by atoms with Crippen LogP contribution in [-0.2, 0) is 0 Å². The van der Waals surface area contributed by atoms with Crippen LogP contribution < -0.4 is 0 Å². The van der Waals surface area contributed by atoms with Crippen LogP contribution in [0, 0.1) is 0 Å². The molecule has 0 spiro atoms. The van der Waals surface area contributed by atoms with Crippen LogP contribution in [-0.4, -0.2) is 8.80 Å². The summed E-state index contributed by atoms with van der Waals surface area (Å²) in [5.41, 5.74) is 10.3. The first kappa shape index (κ1) is 19.1. The number of para-hydroxylation sites is 4. The van der Waals surface area contributed by atoms with Crippen molar-refractivity contribution in [2.45, 2.75) is 0 Å². The molecule has 10 aromatic rings. The largest absolute Gasteiger partial charge is 0.308 e. The van der Waals surface area contributed by atoms with Gasteiger partial charge in [-0.15, -0.1) is 0 Å². The van der Waals surface area contributed by atoms with Gasteiger partial charge in [0.05, 0.1) is 33.1 Å². The summed E-state index contributed by atoms with van der Waals surface area (Å²) >= 11 is 0. The van der Waals surface area contributed by atoms with Crippen LogP contribution in [0.15, 0.2) is 121 Å². The van der Waals surface area contributed by atoms with Crippen molar-refractivity contribution in [3.05, 3.63) is 121 Å². The maximum Gasteiger partial charge on any atom is 0.0620 e. The van der Waals surface area contributed by atoms with Crippen molar-refractivity contribution in [3.63, 3.8) is 0 Å². The van der Waals surface area contributed by atoms with Crippen molar-refractivity contribution in [2.75, 3.05) is 0 Å². The zero-order chi connectivity index (χ0) is 24.5. The van der Waals surface area contributed by atoms with E-state index in [2.05, 4.69) is 130 Å². The Morgan fingerprint density at radius 3 is 1.32 bits per heavy atom. The highest BCUT2D eigenvalue weighted by Gasteiger charge is 2.20. The van der Waals surface area contributed by atoms with E-state index in [9.17, 15) is 0 Å². The lowest BCUT2D eigenvalue weighted by Crippen LogP contribution is -1.82. The molecule has 4 aromatic heterocycles. The summed E-state index contributed by atoms with van der Waals surface area (Å²) < 4.78 is 4.90. The number of hydrogen-bond donors (Lipinski definition) is 0. The van der Waals surface area contributed by atoms with Crippen LogP contribution in [0.1, 0.15) is 0 Å². The van der Waals surface area contributed by atoms with E-state index in [0.29, 0.717) is 0 Å². The van der Waals surface area contributed by atoms with Crippen LogP contribution in [0.25, 0.3) is 87.3 Å². The van der Waals surface area contributed by atoms with Crippen LogP contribution in [0.2, 0.25) is 0 Å². The molecule has 4 heterocycles. The molecule has 0 amide bonds. The summed E-state index contributed by atoms with van der Waals surface area (Å²) in [6.07, 6.45) is 0. The van der Waals surface area contributed by atoms with Gasteiger partial charge >= 0.3 is 0 Å². The second-order valence-electron chi connectivity index (χ2n) is 10.6. The number of nitrogens with zero attached hydrogens (tertiary/aromatic N) is 2. The maximum absolute atomic E-state index is 2.45. The molecule has 0 radical (unpaired) electrons. The number of rotatable bonds is 1. The van der Waals surface area contributed by atoms with Crippen molar-refractivity contribution in [2.24, 2.45) is 0 Å². The van der Waals surface area contributed by atoms with Gasteiger partial charge in [0.15, 0.2) is 0 Å². The average Bonchev–Trinajstić information content (AvgIpc) is 3.70. The first-order valence-corrected chi connectivity index (χ1v) is 13.2. The van der Waals surface area contributed by atoms with Crippen LogP contribution in [0.4, 0.5) is 0 Å². The maximum atomic E-state index is 2.45. The summed E-state index contributed by atoms with van der Waals surface area (Å²) in [6.45, 7) is 0. The Morgan fingerprint density at radius 2 is 0.711 bits per heavy atom. The zero-order valence-corrected chi connectivity index (χ0v) is 20.4. The third-order valence-corrected chi connectivity index (χ3v) is 8.76. The Kier molecular flexibility index (Phi) is 3.23. The molecule has 6 aromatic carbocycles. The molecule has 0 fully saturated rings. The second-order valence-corrected chi connectivity index (χ2v) is 10.6. The fourth-order valence-corrected chi connectivity index (χ4v) is 7.23. The van der Waals surface area contributed by atoms with Crippen molar-refractivity contribution in [1.82, 2.24) is 8.80 Å². The lowest BCUT2D eigenvalue weighted by Gasteiger charge is -2.06. The molecule has 2 heteroatoms. The van der Waals surface area contributed by atoms with E-state index in [4.69, 9.17) is 0 Å². The smallest absolute Gasteiger partial charge is 0.0620 e. The van der Waals surface area contributed by atoms with Crippen LogP contribution in [0.5, 0.6) is 0 Å². The van der Waals surface area contributed by atoms with Crippen molar-refractivity contribution in [1.29, 1.82) is 0 Å². The van der Waals surface area contributed by atoms with E-state index in [1.807, 2.05) is 0 Å². The van der Waals surface area contributed by atoms with Gasteiger partial charge in [0.2, 0.25) is 0 Å². The highest BCUT2D eigenvalue weighted by molar-refractivity contribution is 6.26. The molecular weight excluding hydrogens is 460 g/mol. The zero-order valence-electron chi connectivity index (χ0n) is 20.4.